The molecule has 5 aliphatic carbocycles. The molecule has 7 fully saturated rings. The van der Waals surface area contributed by atoms with Crippen LogP contribution in [-0.2, 0) is 42.7 Å². The summed E-state index contributed by atoms with van der Waals surface area (Å²) >= 11 is 0. The molecule has 15 nitrogen and oxygen atoms in total. The molecule has 4 saturated carbocycles. The van der Waals surface area contributed by atoms with Crippen LogP contribution in [0.2, 0.25) is 0 Å². The maximum Gasteiger partial charge on any atom is 0.337 e. The molecule has 3 saturated heterocycles. The van der Waals surface area contributed by atoms with E-state index in [1.165, 1.54) is 12.7 Å². The van der Waals surface area contributed by atoms with E-state index < -0.39 is 91.7 Å². The summed E-state index contributed by atoms with van der Waals surface area (Å²) in [5.41, 5.74) is -0.362. The summed E-state index contributed by atoms with van der Waals surface area (Å²) in [7, 11) is 1.22. The first-order valence-electron chi connectivity index (χ1n) is 25.1. The molecular formula is C51H82O15. The highest BCUT2D eigenvalue weighted by atomic mass is 16.8. The first kappa shape index (κ1) is 50.6. The fourth-order valence-corrected chi connectivity index (χ4v) is 15.4. The van der Waals surface area contributed by atoms with E-state index in [-0.39, 0.29) is 56.9 Å². The van der Waals surface area contributed by atoms with Crippen molar-refractivity contribution in [2.45, 2.75) is 207 Å². The van der Waals surface area contributed by atoms with Gasteiger partial charge < -0.3 is 63.8 Å². The Balaban J connectivity index is 1.05. The molecule has 8 rings (SSSR count). The average molecular weight is 935 g/mol. The zero-order valence-corrected chi connectivity index (χ0v) is 41.3. The molecule has 0 aromatic rings. The predicted octanol–water partition coefficient (Wildman–Crippen LogP) is 4.79. The minimum absolute atomic E-state index is 0.0112. The molecule has 22 atom stereocenters. The zero-order chi connectivity index (χ0) is 48.3. The quantitative estimate of drug-likeness (QED) is 0.110. The molecule has 66 heavy (non-hydrogen) atoms. The van der Waals surface area contributed by atoms with Crippen LogP contribution in [0, 0.1) is 68.0 Å². The second-order valence-electron chi connectivity index (χ2n) is 24.4. The number of hydrogen-bond acceptors (Lipinski definition) is 15. The number of hydrogen-bond donors (Lipinski definition) is 6. The second-order valence-corrected chi connectivity index (χ2v) is 24.4. The second kappa shape index (κ2) is 17.8. The number of carbonyl (C=O) groups excluding carboxylic acids is 2. The van der Waals surface area contributed by atoms with Gasteiger partial charge in [0.05, 0.1) is 31.8 Å². The van der Waals surface area contributed by atoms with Gasteiger partial charge in [0.25, 0.3) is 0 Å². The van der Waals surface area contributed by atoms with Crippen molar-refractivity contribution in [3.63, 3.8) is 0 Å². The van der Waals surface area contributed by atoms with E-state index in [1.54, 1.807) is 0 Å². The maximum absolute atomic E-state index is 14.7. The predicted molar refractivity (Wildman–Crippen MR) is 239 cm³/mol. The van der Waals surface area contributed by atoms with Gasteiger partial charge in [0.2, 0.25) is 6.29 Å². The molecule has 8 aliphatic rings. The standard InChI is InChI=1S/C51H82O15/c1-25-24-61-42(27(3)26(25)2)65-40-37(56)36(55)39(41(58)60-11)64-44(40)63-33-15-16-48(8)31(47(33,6)7)14-17-50(10)32(48)13-12-28-29-22-46(4,5)18-20-51(29,21-19-49(28,50)9)45(59)66-43-38(57)35(54)34(53)30(23-52)62-43/h12,25-27,29-40,42-44,52-57H,13-24H2,1-11H3/t25-,26+,27-,29+,30-,31+,32-,33+,34-,35+,36+,37+,38-,39+,40-,42+,43+,44-,48+,49-,50-,51+/m1/s1. The van der Waals surface area contributed by atoms with Gasteiger partial charge in [-0.2, -0.15) is 0 Å². The Hall–Kier alpha value is -1.76. The van der Waals surface area contributed by atoms with Crippen molar-refractivity contribution in [3.05, 3.63) is 11.6 Å². The van der Waals surface area contributed by atoms with E-state index in [9.17, 15) is 40.2 Å². The number of fused-ring (bicyclic) bond motifs is 7. The van der Waals surface area contributed by atoms with Gasteiger partial charge in [-0.15, -0.1) is 0 Å². The third kappa shape index (κ3) is 7.87. The molecule has 6 N–H and O–H groups in total. The summed E-state index contributed by atoms with van der Waals surface area (Å²) in [5, 5.41) is 64.5. The molecule has 376 valence electrons. The summed E-state index contributed by atoms with van der Waals surface area (Å²) in [6.45, 7) is 22.7. The molecule has 0 amide bonds. The molecular weight excluding hydrogens is 853 g/mol. The van der Waals surface area contributed by atoms with Gasteiger partial charge in [-0.05, 0) is 121 Å². The average Bonchev–Trinajstić information content (AvgIpc) is 3.26. The molecule has 0 unspecified atom stereocenters. The minimum atomic E-state index is -1.67. The van der Waals surface area contributed by atoms with E-state index in [4.69, 9.17) is 33.2 Å². The topological polar surface area (TPSA) is 220 Å². The van der Waals surface area contributed by atoms with Gasteiger partial charge >= 0.3 is 11.9 Å². The van der Waals surface area contributed by atoms with Gasteiger partial charge in [-0.1, -0.05) is 80.9 Å². The van der Waals surface area contributed by atoms with Crippen LogP contribution >= 0.6 is 0 Å². The van der Waals surface area contributed by atoms with E-state index in [0.29, 0.717) is 37.7 Å². The van der Waals surface area contributed by atoms with Gasteiger partial charge in [0.15, 0.2) is 18.7 Å². The fourth-order valence-electron chi connectivity index (χ4n) is 15.4. The molecule has 0 aromatic carbocycles. The smallest absolute Gasteiger partial charge is 0.337 e. The van der Waals surface area contributed by atoms with Crippen LogP contribution in [0.4, 0.5) is 0 Å². The van der Waals surface area contributed by atoms with Crippen LogP contribution in [0.1, 0.15) is 133 Å². The number of aliphatic hydroxyl groups excluding tert-OH is 6. The third-order valence-corrected chi connectivity index (χ3v) is 20.3. The van der Waals surface area contributed by atoms with Crippen molar-refractivity contribution in [2.24, 2.45) is 68.0 Å². The van der Waals surface area contributed by atoms with Crippen LogP contribution in [-0.4, -0.2) is 137 Å². The summed E-state index contributed by atoms with van der Waals surface area (Å²) in [4.78, 5) is 27.6. The van der Waals surface area contributed by atoms with Gasteiger partial charge in [0.1, 0.15) is 42.7 Å². The Labute approximate surface area is 391 Å². The van der Waals surface area contributed by atoms with Crippen LogP contribution in [0.3, 0.4) is 0 Å². The molecule has 0 aromatic heterocycles. The van der Waals surface area contributed by atoms with Crippen molar-refractivity contribution >= 4 is 11.9 Å². The number of aliphatic hydroxyl groups is 6. The molecule has 0 radical (unpaired) electrons. The summed E-state index contributed by atoms with van der Waals surface area (Å²) in [6.07, 6.45) is -5.05. The highest BCUT2D eigenvalue weighted by molar-refractivity contribution is 5.79. The van der Waals surface area contributed by atoms with Crippen molar-refractivity contribution in [2.75, 3.05) is 20.3 Å². The molecule has 15 heteroatoms. The summed E-state index contributed by atoms with van der Waals surface area (Å²) < 4.78 is 42.6. The summed E-state index contributed by atoms with van der Waals surface area (Å²) in [6, 6.07) is 0. The van der Waals surface area contributed by atoms with Crippen molar-refractivity contribution in [1.29, 1.82) is 0 Å². The van der Waals surface area contributed by atoms with E-state index >= 15 is 0 Å². The number of esters is 2. The Morgan fingerprint density at radius 3 is 2.12 bits per heavy atom. The first-order valence-corrected chi connectivity index (χ1v) is 25.1. The Bertz CT molecular complexity index is 1840. The third-order valence-electron chi connectivity index (χ3n) is 20.3. The van der Waals surface area contributed by atoms with Crippen molar-refractivity contribution < 1.29 is 73.4 Å². The highest BCUT2D eigenvalue weighted by Crippen LogP contribution is 2.76. The van der Waals surface area contributed by atoms with Gasteiger partial charge in [-0.25, -0.2) is 4.79 Å². The van der Waals surface area contributed by atoms with E-state index in [0.717, 1.165) is 44.9 Å². The Kier molecular flexibility index (Phi) is 13.7. The molecule has 3 aliphatic heterocycles. The largest absolute Gasteiger partial charge is 0.467 e. The highest BCUT2D eigenvalue weighted by Gasteiger charge is 2.70. The Morgan fingerprint density at radius 2 is 1.44 bits per heavy atom. The number of carbonyl (C=O) groups is 2. The molecule has 0 spiro atoms. The van der Waals surface area contributed by atoms with Crippen molar-refractivity contribution in [3.8, 4) is 0 Å². The van der Waals surface area contributed by atoms with E-state index in [2.05, 4.69) is 75.3 Å². The van der Waals surface area contributed by atoms with Gasteiger partial charge in [-0.3, -0.25) is 4.79 Å². The van der Waals surface area contributed by atoms with Crippen LogP contribution < -0.4 is 0 Å². The number of allylic oxidation sites excluding steroid dienone is 2. The lowest BCUT2D eigenvalue weighted by Crippen LogP contribution is -2.66. The zero-order valence-electron chi connectivity index (χ0n) is 41.3. The fraction of sp³-hybridized carbons (Fsp3) is 0.922. The SMILES string of the molecule is COC(=O)[C@H]1O[C@@H](O[C@H]2CC[C@]3(C)[C@H]4CC=C5[C@@H]6CC(C)(C)CC[C@]6(C(=O)O[C@@H]6O[C@H](CO)[C@@H](O)[C@H](O)[C@H]6O)CC[C@@]5(C)[C@]4(C)CC[C@H]3C2(C)C)[C@H](O[C@@H]2OC[C@@H](C)[C@H](C)[C@H]2C)[C@@H](O)[C@@H]1O. The van der Waals surface area contributed by atoms with Gasteiger partial charge in [0, 0.05) is 5.92 Å². The number of ether oxygens (including phenoxy) is 7. The first-order chi connectivity index (χ1) is 30.8. The number of methoxy groups -OCH3 is 1. The number of rotatable bonds is 8. The maximum atomic E-state index is 14.7. The molecule has 0 bridgehead atoms. The molecule has 3 heterocycles. The minimum Gasteiger partial charge on any atom is -0.467 e. The monoisotopic (exact) mass is 935 g/mol. The lowest BCUT2D eigenvalue weighted by molar-refractivity contribution is -0.358. The normalized spacial score (nSPS) is 52.0. The van der Waals surface area contributed by atoms with Crippen molar-refractivity contribution in [1.82, 2.24) is 0 Å². The Morgan fingerprint density at radius 1 is 0.742 bits per heavy atom. The van der Waals surface area contributed by atoms with E-state index in [1.807, 2.05) is 0 Å². The van der Waals surface area contributed by atoms with Crippen LogP contribution in [0.25, 0.3) is 0 Å². The van der Waals surface area contributed by atoms with Crippen LogP contribution in [0.15, 0.2) is 11.6 Å². The lowest BCUT2D eigenvalue weighted by atomic mass is 9.33. The summed E-state index contributed by atoms with van der Waals surface area (Å²) in [5.74, 6) is -0.223. The lowest BCUT2D eigenvalue weighted by Gasteiger charge is -2.71. The van der Waals surface area contributed by atoms with Crippen LogP contribution in [0.5, 0.6) is 0 Å².